The van der Waals surface area contributed by atoms with Crippen LogP contribution in [0.1, 0.15) is 31.2 Å². The third-order valence-corrected chi connectivity index (χ3v) is 6.04. The molecule has 32 heavy (non-hydrogen) atoms. The van der Waals surface area contributed by atoms with Crippen molar-refractivity contribution in [1.29, 1.82) is 0 Å². The predicted molar refractivity (Wildman–Crippen MR) is 125 cm³/mol. The fraction of sp³-hybridized carbons (Fsp3) is 0.385. The van der Waals surface area contributed by atoms with Crippen LogP contribution in [0.2, 0.25) is 0 Å². The van der Waals surface area contributed by atoms with Crippen molar-refractivity contribution in [1.82, 2.24) is 14.9 Å². The zero-order chi connectivity index (χ0) is 22.2. The monoisotopic (exact) mass is 433 g/mol. The summed E-state index contributed by atoms with van der Waals surface area (Å²) >= 11 is 0. The molecule has 0 spiro atoms. The molecule has 1 aliphatic rings. The number of nitrogens with zero attached hydrogens (tertiary/aromatic N) is 2. The van der Waals surface area contributed by atoms with Crippen molar-refractivity contribution in [3.8, 4) is 16.9 Å². The van der Waals surface area contributed by atoms with Crippen LogP contribution in [-0.4, -0.2) is 41.3 Å². The first-order valence-corrected chi connectivity index (χ1v) is 11.3. The maximum Gasteiger partial charge on any atom is 0.252 e. The molecule has 0 radical (unpaired) electrons. The van der Waals surface area contributed by atoms with Crippen LogP contribution < -0.4 is 10.1 Å². The number of benzene rings is 2. The van der Waals surface area contributed by atoms with Gasteiger partial charge in [-0.1, -0.05) is 42.5 Å². The molecular formula is C26H31N3O3. The van der Waals surface area contributed by atoms with Crippen LogP contribution in [0.3, 0.4) is 0 Å². The van der Waals surface area contributed by atoms with Gasteiger partial charge < -0.3 is 19.4 Å². The molecule has 6 heteroatoms. The maximum absolute atomic E-state index is 13.1. The molecule has 1 atom stereocenters. The van der Waals surface area contributed by atoms with Crippen LogP contribution in [0.5, 0.6) is 5.75 Å². The van der Waals surface area contributed by atoms with E-state index in [-0.39, 0.29) is 5.91 Å². The van der Waals surface area contributed by atoms with Crippen molar-refractivity contribution in [3.05, 3.63) is 72.8 Å². The molecule has 168 valence electrons. The van der Waals surface area contributed by atoms with Crippen LogP contribution >= 0.6 is 0 Å². The number of carbonyl (C=O) groups excluding carboxylic acids is 1. The van der Waals surface area contributed by atoms with Crippen LogP contribution in [0.4, 0.5) is 0 Å². The summed E-state index contributed by atoms with van der Waals surface area (Å²) < 4.78 is 13.6. The number of aryl methyl sites for hydroxylation is 1. The van der Waals surface area contributed by atoms with Gasteiger partial charge >= 0.3 is 0 Å². The largest absolute Gasteiger partial charge is 0.496 e. The minimum Gasteiger partial charge on any atom is -0.496 e. The fourth-order valence-electron chi connectivity index (χ4n) is 4.36. The Morgan fingerprint density at radius 3 is 2.91 bits per heavy atom. The number of nitrogens with one attached hydrogen (secondary N) is 1. The highest BCUT2D eigenvalue weighted by Crippen LogP contribution is 2.33. The summed E-state index contributed by atoms with van der Waals surface area (Å²) in [7, 11) is 1.68. The Bertz CT molecular complexity index is 1010. The van der Waals surface area contributed by atoms with Gasteiger partial charge in [-0.15, -0.1) is 0 Å². The van der Waals surface area contributed by atoms with Gasteiger partial charge in [0.1, 0.15) is 5.75 Å². The lowest BCUT2D eigenvalue weighted by Gasteiger charge is -2.27. The summed E-state index contributed by atoms with van der Waals surface area (Å²) in [5, 5.41) is 3.12. The number of imidazole rings is 1. The molecular weight excluding hydrogens is 402 g/mol. The van der Waals surface area contributed by atoms with E-state index in [1.165, 1.54) is 0 Å². The van der Waals surface area contributed by atoms with Crippen molar-refractivity contribution in [2.24, 2.45) is 0 Å². The van der Waals surface area contributed by atoms with Crippen molar-refractivity contribution in [2.45, 2.75) is 44.2 Å². The van der Waals surface area contributed by atoms with Gasteiger partial charge in [-0.25, -0.2) is 4.98 Å². The van der Waals surface area contributed by atoms with Gasteiger partial charge in [-0.3, -0.25) is 4.79 Å². The van der Waals surface area contributed by atoms with E-state index in [1.807, 2.05) is 36.8 Å². The molecule has 1 N–H and O–H groups in total. The molecule has 0 aliphatic carbocycles. The lowest BCUT2D eigenvalue weighted by Crippen LogP contribution is -2.48. The Morgan fingerprint density at radius 1 is 1.22 bits per heavy atom. The summed E-state index contributed by atoms with van der Waals surface area (Å²) in [5.41, 5.74) is 2.42. The average Bonchev–Trinajstić information content (AvgIpc) is 3.52. The van der Waals surface area contributed by atoms with E-state index in [0.29, 0.717) is 19.6 Å². The van der Waals surface area contributed by atoms with Crippen LogP contribution in [0, 0.1) is 0 Å². The van der Waals surface area contributed by atoms with Gasteiger partial charge in [0.25, 0.3) is 5.91 Å². The number of unbranched alkanes of at least 4 members (excludes halogenated alkanes) is 1. The van der Waals surface area contributed by atoms with Gasteiger partial charge in [0.05, 0.1) is 13.4 Å². The normalized spacial score (nSPS) is 17.9. The average molecular weight is 434 g/mol. The molecule has 0 saturated carbocycles. The molecule has 4 rings (SSSR count). The Kier molecular flexibility index (Phi) is 7.22. The molecule has 0 bridgehead atoms. The van der Waals surface area contributed by atoms with Gasteiger partial charge in [0, 0.05) is 44.1 Å². The minimum absolute atomic E-state index is 0.000301. The van der Waals surface area contributed by atoms with Crippen molar-refractivity contribution >= 4 is 5.91 Å². The van der Waals surface area contributed by atoms with E-state index in [2.05, 4.69) is 39.1 Å². The van der Waals surface area contributed by atoms with E-state index in [1.54, 1.807) is 13.3 Å². The number of rotatable bonds is 10. The van der Waals surface area contributed by atoms with E-state index < -0.39 is 5.60 Å². The molecule has 1 amide bonds. The number of ether oxygens (including phenoxy) is 2. The van der Waals surface area contributed by atoms with Gasteiger partial charge in [0.2, 0.25) is 0 Å². The number of carbonyl (C=O) groups is 1. The Hall–Kier alpha value is -3.12. The topological polar surface area (TPSA) is 65.4 Å². The third-order valence-electron chi connectivity index (χ3n) is 6.04. The molecule has 2 aromatic carbocycles. The van der Waals surface area contributed by atoms with Crippen molar-refractivity contribution in [2.75, 3.05) is 20.3 Å². The second-order valence-corrected chi connectivity index (χ2v) is 8.29. The third kappa shape index (κ3) is 5.19. The van der Waals surface area contributed by atoms with Crippen LogP contribution in [-0.2, 0) is 22.5 Å². The number of hydrogen-bond donors (Lipinski definition) is 1. The quantitative estimate of drug-likeness (QED) is 0.486. The van der Waals surface area contributed by atoms with E-state index in [9.17, 15) is 4.79 Å². The molecule has 3 aromatic rings. The molecule has 1 aliphatic heterocycles. The molecule has 2 heterocycles. The first-order valence-electron chi connectivity index (χ1n) is 11.3. The summed E-state index contributed by atoms with van der Waals surface area (Å²) in [4.78, 5) is 17.2. The van der Waals surface area contributed by atoms with Crippen LogP contribution in [0.25, 0.3) is 11.1 Å². The van der Waals surface area contributed by atoms with Gasteiger partial charge in [-0.05, 0) is 42.9 Å². The van der Waals surface area contributed by atoms with Gasteiger partial charge in [0.15, 0.2) is 5.60 Å². The minimum atomic E-state index is -0.788. The summed E-state index contributed by atoms with van der Waals surface area (Å²) in [6, 6.07) is 16.3. The molecule has 1 unspecified atom stereocenters. The number of amides is 1. The smallest absolute Gasteiger partial charge is 0.252 e. The lowest BCUT2D eigenvalue weighted by atomic mass is 9.89. The summed E-state index contributed by atoms with van der Waals surface area (Å²) in [5.74, 6) is 0.838. The van der Waals surface area contributed by atoms with E-state index >= 15 is 0 Å². The zero-order valence-corrected chi connectivity index (χ0v) is 18.6. The number of aromatic nitrogens is 2. The highest BCUT2D eigenvalue weighted by molar-refractivity contribution is 5.86. The number of para-hydroxylation sites is 1. The van der Waals surface area contributed by atoms with E-state index in [4.69, 9.17) is 9.47 Å². The highest BCUT2D eigenvalue weighted by atomic mass is 16.5. The molecule has 6 nitrogen and oxygen atoms in total. The summed E-state index contributed by atoms with van der Waals surface area (Å²) in [6.45, 7) is 2.19. The van der Waals surface area contributed by atoms with Crippen molar-refractivity contribution in [3.63, 3.8) is 0 Å². The first-order chi connectivity index (χ1) is 15.7. The second-order valence-electron chi connectivity index (χ2n) is 8.29. The fourth-order valence-corrected chi connectivity index (χ4v) is 4.36. The summed E-state index contributed by atoms with van der Waals surface area (Å²) in [6.07, 6.45) is 9.68. The van der Waals surface area contributed by atoms with E-state index in [0.717, 1.165) is 54.7 Å². The van der Waals surface area contributed by atoms with Crippen LogP contribution in [0.15, 0.2) is 67.3 Å². The Balaban J connectivity index is 1.39. The highest BCUT2D eigenvalue weighted by Gasteiger charge is 2.42. The molecule has 1 fully saturated rings. The second kappa shape index (κ2) is 10.5. The lowest BCUT2D eigenvalue weighted by molar-refractivity contribution is -0.141. The van der Waals surface area contributed by atoms with Gasteiger partial charge in [-0.2, -0.15) is 0 Å². The standard InChI is InChI=1S/C26H31N3O3/c1-31-24-11-3-2-10-23(24)22-9-6-8-21(18-22)19-26(12-7-17-32-26)25(30)28-13-4-5-15-29-16-14-27-20-29/h2-3,6,8-11,14,16,18,20H,4-5,7,12-13,15,17,19H2,1H3,(H,28,30). The number of hydrogen-bond acceptors (Lipinski definition) is 4. The molecule has 1 saturated heterocycles. The first kappa shape index (κ1) is 22.1. The number of methoxy groups -OCH3 is 1. The van der Waals surface area contributed by atoms with Crippen molar-refractivity contribution < 1.29 is 14.3 Å². The maximum atomic E-state index is 13.1. The Labute approximate surface area is 189 Å². The predicted octanol–water partition coefficient (Wildman–Crippen LogP) is 4.25. The SMILES string of the molecule is COc1ccccc1-c1cccc(CC2(C(=O)NCCCCn3ccnc3)CCCO2)c1. The zero-order valence-electron chi connectivity index (χ0n) is 18.6. The Morgan fingerprint density at radius 2 is 2.12 bits per heavy atom. The molecule has 1 aromatic heterocycles.